The Kier molecular flexibility index (Phi) is 8.88. The second kappa shape index (κ2) is 14.7. The van der Waals surface area contributed by atoms with E-state index in [2.05, 4.69) is 178 Å². The summed E-state index contributed by atoms with van der Waals surface area (Å²) in [6, 6.07) is 48.5. The third-order valence-corrected chi connectivity index (χ3v) is 14.6. The molecule has 0 fully saturated rings. The third kappa shape index (κ3) is 5.07. The number of hydrogen-bond acceptors (Lipinski definition) is 0. The number of aromatic nitrogens is 2. The normalized spacial score (nSPS) is 16.3. The SMILES string of the molecule is C#CCn1c2c(c3ccccc31)C(c1ccc3c(c1)C(CC#C)(CC#C)c1ccccc1-3)c1c(c3ccccc3n1CC#C)C2c1ccc2c(c1)C(CC#C)(CC#C)c1ccccc1-2. The van der Waals surface area contributed by atoms with E-state index in [0.717, 1.165) is 55.4 Å². The Morgan fingerprint density at radius 3 is 1.14 bits per heavy atom. The second-order valence-corrected chi connectivity index (χ2v) is 17.5. The monoisotopic (exact) mass is 814 g/mol. The maximum Gasteiger partial charge on any atom is 0.0838 e. The average molecular weight is 815 g/mol. The van der Waals surface area contributed by atoms with Crippen LogP contribution in [0, 0.1) is 74.1 Å². The van der Waals surface area contributed by atoms with Crippen molar-refractivity contribution >= 4 is 21.8 Å². The van der Waals surface area contributed by atoms with Crippen molar-refractivity contribution in [3.63, 3.8) is 0 Å². The lowest BCUT2D eigenvalue weighted by molar-refractivity contribution is 0.558. The fourth-order valence-corrected chi connectivity index (χ4v) is 12.3. The van der Waals surface area contributed by atoms with Gasteiger partial charge in [-0.15, -0.1) is 62.2 Å². The Morgan fingerprint density at radius 1 is 0.391 bits per heavy atom. The highest BCUT2D eigenvalue weighted by atomic mass is 15.0. The number of nitrogens with zero attached hydrogens (tertiary/aromatic N) is 2. The molecule has 64 heavy (non-hydrogen) atoms. The minimum atomic E-state index is -0.539. The third-order valence-electron chi connectivity index (χ3n) is 14.6. The van der Waals surface area contributed by atoms with Crippen LogP contribution in [0.4, 0.5) is 0 Å². The van der Waals surface area contributed by atoms with E-state index in [1.54, 1.807) is 0 Å². The van der Waals surface area contributed by atoms with Gasteiger partial charge in [-0.25, -0.2) is 0 Å². The Hall–Kier alpha value is -8.24. The summed E-state index contributed by atoms with van der Waals surface area (Å²) in [5, 5.41) is 2.30. The number of hydrogen-bond donors (Lipinski definition) is 0. The molecular formula is C62H42N2. The predicted molar refractivity (Wildman–Crippen MR) is 263 cm³/mol. The molecule has 2 atom stereocenters. The molecule has 0 radical (unpaired) electrons. The Bertz CT molecular complexity index is 3290. The summed E-state index contributed by atoms with van der Waals surface area (Å²) >= 11 is 0. The maximum atomic E-state index is 6.35. The molecule has 0 saturated carbocycles. The van der Waals surface area contributed by atoms with Gasteiger partial charge in [0.1, 0.15) is 0 Å². The molecule has 3 aliphatic carbocycles. The van der Waals surface area contributed by atoms with Gasteiger partial charge in [-0.1, -0.05) is 133 Å². The lowest BCUT2D eigenvalue weighted by Gasteiger charge is -2.35. The first-order valence-electron chi connectivity index (χ1n) is 21.8. The predicted octanol–water partition coefficient (Wildman–Crippen LogP) is 12.2. The summed E-state index contributed by atoms with van der Waals surface area (Å²) in [6.45, 7) is 0.775. The van der Waals surface area contributed by atoms with Crippen LogP contribution in [0.1, 0.15) is 93.4 Å². The van der Waals surface area contributed by atoms with Crippen LogP contribution in [0.25, 0.3) is 44.1 Å². The van der Waals surface area contributed by atoms with Gasteiger partial charge in [-0.3, -0.25) is 0 Å². The number of rotatable bonds is 8. The quantitative estimate of drug-likeness (QED) is 0.135. The smallest absolute Gasteiger partial charge is 0.0838 e. The summed E-state index contributed by atoms with van der Waals surface area (Å²) < 4.78 is 4.75. The number of benzene rings is 6. The average Bonchev–Trinajstić information content (AvgIpc) is 4.00. The van der Waals surface area contributed by atoms with Gasteiger partial charge in [0.05, 0.1) is 24.9 Å². The molecule has 2 nitrogen and oxygen atoms in total. The van der Waals surface area contributed by atoms with Crippen molar-refractivity contribution in [1.82, 2.24) is 9.13 Å². The van der Waals surface area contributed by atoms with Gasteiger partial charge in [0, 0.05) is 69.7 Å². The molecule has 2 heteroatoms. The van der Waals surface area contributed by atoms with Gasteiger partial charge in [0.25, 0.3) is 0 Å². The highest BCUT2D eigenvalue weighted by Gasteiger charge is 2.47. The topological polar surface area (TPSA) is 9.86 Å². The zero-order chi connectivity index (χ0) is 43.7. The van der Waals surface area contributed by atoms with Crippen LogP contribution in [0.15, 0.2) is 133 Å². The van der Waals surface area contributed by atoms with Crippen LogP contribution in [0.2, 0.25) is 0 Å². The molecule has 11 rings (SSSR count). The fraction of sp³-hybridized carbons (Fsp3) is 0.161. The molecule has 3 aliphatic rings. The van der Waals surface area contributed by atoms with Gasteiger partial charge in [-0.05, 0) is 78.9 Å². The first-order valence-corrected chi connectivity index (χ1v) is 21.8. The summed E-state index contributed by atoms with van der Waals surface area (Å²) in [5.41, 5.74) is 17.5. The molecule has 0 N–H and O–H groups in total. The molecule has 0 aliphatic heterocycles. The highest BCUT2D eigenvalue weighted by Crippen LogP contribution is 2.59. The van der Waals surface area contributed by atoms with Crippen molar-refractivity contribution in [2.75, 3.05) is 0 Å². The van der Waals surface area contributed by atoms with E-state index in [-0.39, 0.29) is 11.8 Å². The molecular weight excluding hydrogens is 773 g/mol. The summed E-state index contributed by atoms with van der Waals surface area (Å²) in [4.78, 5) is 0. The lowest BCUT2D eigenvalue weighted by atomic mass is 9.69. The van der Waals surface area contributed by atoms with Gasteiger partial charge < -0.3 is 9.13 Å². The van der Waals surface area contributed by atoms with Crippen molar-refractivity contribution in [3.05, 3.63) is 189 Å². The van der Waals surface area contributed by atoms with Crippen LogP contribution >= 0.6 is 0 Å². The van der Waals surface area contributed by atoms with Crippen LogP contribution in [0.3, 0.4) is 0 Å². The van der Waals surface area contributed by atoms with Gasteiger partial charge in [0.2, 0.25) is 0 Å². The maximum absolute atomic E-state index is 6.35. The van der Waals surface area contributed by atoms with E-state index in [9.17, 15) is 0 Å². The fourth-order valence-electron chi connectivity index (χ4n) is 12.3. The van der Waals surface area contributed by atoms with E-state index in [4.69, 9.17) is 38.5 Å². The van der Waals surface area contributed by atoms with Crippen LogP contribution in [-0.4, -0.2) is 9.13 Å². The zero-order valence-corrected chi connectivity index (χ0v) is 35.5. The van der Waals surface area contributed by atoms with Crippen molar-refractivity contribution in [2.45, 2.75) is 61.4 Å². The molecule has 0 saturated heterocycles. The van der Waals surface area contributed by atoms with E-state index in [1.165, 1.54) is 44.5 Å². The molecule has 2 aromatic heterocycles. The summed E-state index contributed by atoms with van der Waals surface area (Å²) in [6.07, 6.45) is 39.6. The first kappa shape index (κ1) is 38.7. The van der Waals surface area contributed by atoms with E-state index >= 15 is 0 Å². The lowest BCUT2D eigenvalue weighted by Crippen LogP contribution is -2.27. The Balaban J connectivity index is 1.26. The zero-order valence-electron chi connectivity index (χ0n) is 35.5. The van der Waals surface area contributed by atoms with Crippen LogP contribution in [0.5, 0.6) is 0 Å². The molecule has 0 amide bonds. The molecule has 6 aromatic carbocycles. The highest BCUT2D eigenvalue weighted by molar-refractivity contribution is 5.95. The molecule has 300 valence electrons. The van der Waals surface area contributed by atoms with Crippen molar-refractivity contribution in [3.8, 4) is 96.3 Å². The number of fused-ring (bicyclic) bond motifs is 12. The molecule has 2 heterocycles. The second-order valence-electron chi connectivity index (χ2n) is 17.5. The van der Waals surface area contributed by atoms with Crippen molar-refractivity contribution in [2.24, 2.45) is 0 Å². The van der Waals surface area contributed by atoms with Crippen LogP contribution in [-0.2, 0) is 23.9 Å². The Morgan fingerprint density at radius 2 is 0.750 bits per heavy atom. The standard InChI is InChI=1S/C62H42N2/c1-7-33-61(34-8-2)49-25-17-13-21-43(49)45-31-29-41(39-51(45)61)55-57-47-23-15-19-27-53(47)64(38-12-6)60(57)56(58-48-24-16-20-28-54(48)63(37-11-5)59(55)58)42-30-32-46-44-22-14-18-26-50(44)62(35-9-3,36-10-4)52(46)40-42/h1-6,13-32,39-40,55-56H,33-38H2. The molecule has 0 bridgehead atoms. The van der Waals surface area contributed by atoms with E-state index in [0.29, 0.717) is 38.8 Å². The summed E-state index contributed by atoms with van der Waals surface area (Å²) in [7, 11) is 0. The minimum Gasteiger partial charge on any atom is -0.332 e. The van der Waals surface area contributed by atoms with E-state index in [1.807, 2.05) is 0 Å². The van der Waals surface area contributed by atoms with Gasteiger partial charge in [-0.2, -0.15) is 0 Å². The van der Waals surface area contributed by atoms with Gasteiger partial charge in [0.15, 0.2) is 0 Å². The molecule has 8 aromatic rings. The largest absolute Gasteiger partial charge is 0.332 e. The first-order chi connectivity index (χ1) is 31.5. The van der Waals surface area contributed by atoms with Crippen LogP contribution < -0.4 is 0 Å². The molecule has 2 unspecified atom stereocenters. The Labute approximate surface area is 376 Å². The van der Waals surface area contributed by atoms with E-state index < -0.39 is 10.8 Å². The van der Waals surface area contributed by atoms with Crippen molar-refractivity contribution in [1.29, 1.82) is 0 Å². The van der Waals surface area contributed by atoms with Crippen molar-refractivity contribution < 1.29 is 0 Å². The number of terminal acetylenes is 6. The summed E-state index contributed by atoms with van der Waals surface area (Å²) in [5.74, 6) is 17.8. The molecule has 0 spiro atoms. The minimum absolute atomic E-state index is 0.241. The number of para-hydroxylation sites is 2. The van der Waals surface area contributed by atoms with Gasteiger partial charge >= 0.3 is 0 Å².